The minimum atomic E-state index is -0.625. The summed E-state index contributed by atoms with van der Waals surface area (Å²) in [5.74, 6) is -0.00173. The standard InChI is InChI=1S/C28H28FN5O3/c1-14-3-4-23(15-7-19-24(20(29)8-15)33-27(36)28(19)5-2-6-28)34(11-14)26(35)21-9-16-17-12-37-13-18(17)25(30)32-22(16)10-31-21/h7-10,14,23H,2-6,11-13H2,1H3,(H2,30,32)(H,33,36)/t14-,23?/m0/s1. The Hall–Kier alpha value is -3.59. The van der Waals surface area contributed by atoms with Crippen molar-refractivity contribution in [1.82, 2.24) is 14.9 Å². The number of nitrogens with zero attached hydrogens (tertiary/aromatic N) is 3. The van der Waals surface area contributed by atoms with E-state index < -0.39 is 11.2 Å². The second kappa shape index (κ2) is 7.95. The van der Waals surface area contributed by atoms with Crippen molar-refractivity contribution >= 4 is 34.2 Å². The molecule has 3 aliphatic heterocycles. The Kier molecular flexibility index (Phi) is 4.86. The predicted octanol–water partition coefficient (Wildman–Crippen LogP) is 4.37. The van der Waals surface area contributed by atoms with Crippen molar-refractivity contribution in [3.8, 4) is 0 Å². The van der Waals surface area contributed by atoms with Crippen molar-refractivity contribution in [2.24, 2.45) is 5.92 Å². The van der Waals surface area contributed by atoms with Gasteiger partial charge < -0.3 is 20.7 Å². The highest BCUT2D eigenvalue weighted by Gasteiger charge is 2.52. The molecular formula is C28H28FN5O3. The molecule has 1 saturated carbocycles. The minimum absolute atomic E-state index is 0.110. The molecule has 9 heteroatoms. The normalized spacial score (nSPS) is 23.6. The number of fused-ring (bicyclic) bond motifs is 5. The van der Waals surface area contributed by atoms with Crippen LogP contribution in [-0.2, 0) is 28.2 Å². The van der Waals surface area contributed by atoms with E-state index in [2.05, 4.69) is 22.2 Å². The number of ether oxygens (including phenoxy) is 1. The number of amides is 2. The molecule has 7 rings (SSSR count). The summed E-state index contributed by atoms with van der Waals surface area (Å²) in [5, 5.41) is 3.59. The summed E-state index contributed by atoms with van der Waals surface area (Å²) in [4.78, 5) is 37.4. The van der Waals surface area contributed by atoms with Gasteiger partial charge in [-0.05, 0) is 60.4 Å². The zero-order valence-electron chi connectivity index (χ0n) is 20.6. The number of rotatable bonds is 2. The average Bonchev–Trinajstić information content (AvgIpc) is 3.47. The van der Waals surface area contributed by atoms with Gasteiger partial charge in [-0.3, -0.25) is 9.59 Å². The van der Waals surface area contributed by atoms with Gasteiger partial charge in [0.1, 0.15) is 17.3 Å². The molecule has 2 atom stereocenters. The van der Waals surface area contributed by atoms with E-state index in [0.29, 0.717) is 54.8 Å². The lowest BCUT2D eigenvalue weighted by Gasteiger charge is -2.40. The number of hydrogen-bond donors (Lipinski definition) is 2. The first-order chi connectivity index (χ1) is 17.9. The van der Waals surface area contributed by atoms with Crippen LogP contribution < -0.4 is 11.1 Å². The molecule has 190 valence electrons. The maximum atomic E-state index is 15.3. The van der Waals surface area contributed by atoms with E-state index in [1.807, 2.05) is 11.0 Å². The van der Waals surface area contributed by atoms with E-state index in [1.165, 1.54) is 6.07 Å². The highest BCUT2D eigenvalue weighted by molar-refractivity contribution is 6.07. The number of benzene rings is 1. The molecule has 8 nitrogen and oxygen atoms in total. The van der Waals surface area contributed by atoms with Gasteiger partial charge in [0.05, 0.1) is 42.1 Å². The van der Waals surface area contributed by atoms with Gasteiger partial charge in [-0.25, -0.2) is 14.4 Å². The molecule has 37 heavy (non-hydrogen) atoms. The third-order valence-electron chi connectivity index (χ3n) is 8.81. The number of piperidine rings is 1. The fraction of sp³-hybridized carbons (Fsp3) is 0.429. The number of carbonyl (C=O) groups is 2. The number of anilines is 2. The fourth-order valence-corrected chi connectivity index (χ4v) is 6.57. The Morgan fingerprint density at radius 3 is 2.81 bits per heavy atom. The molecule has 0 radical (unpaired) electrons. The lowest BCUT2D eigenvalue weighted by molar-refractivity contribution is -0.123. The van der Waals surface area contributed by atoms with Crippen molar-refractivity contribution in [2.45, 2.75) is 63.7 Å². The summed E-state index contributed by atoms with van der Waals surface area (Å²) in [6.07, 6.45) is 5.64. The van der Waals surface area contributed by atoms with Crippen LogP contribution in [0.1, 0.15) is 77.8 Å². The number of nitrogens with one attached hydrogen (secondary N) is 1. The van der Waals surface area contributed by atoms with Crippen LogP contribution in [0.15, 0.2) is 24.4 Å². The van der Waals surface area contributed by atoms with Crippen LogP contribution in [-0.4, -0.2) is 33.2 Å². The smallest absolute Gasteiger partial charge is 0.272 e. The molecule has 5 heterocycles. The SMILES string of the molecule is C[C@H]1CCC(c2cc(F)c3c(c2)C2(CCC2)C(=O)N3)N(C(=O)c2cc3c4c(c(N)nc3cn2)COC4)C1. The molecule has 1 aromatic carbocycles. The predicted molar refractivity (Wildman–Crippen MR) is 135 cm³/mol. The maximum Gasteiger partial charge on any atom is 0.272 e. The summed E-state index contributed by atoms with van der Waals surface area (Å²) in [7, 11) is 0. The third-order valence-corrected chi connectivity index (χ3v) is 8.81. The molecule has 4 aliphatic rings. The van der Waals surface area contributed by atoms with Crippen LogP contribution in [0.2, 0.25) is 0 Å². The average molecular weight is 502 g/mol. The zero-order valence-corrected chi connectivity index (χ0v) is 20.6. The molecule has 1 unspecified atom stereocenters. The van der Waals surface area contributed by atoms with Gasteiger partial charge in [0.25, 0.3) is 5.91 Å². The zero-order chi connectivity index (χ0) is 25.5. The summed E-state index contributed by atoms with van der Waals surface area (Å²) in [5.41, 5.74) is 10.0. The maximum absolute atomic E-state index is 15.3. The Balaban J connectivity index is 1.28. The summed E-state index contributed by atoms with van der Waals surface area (Å²) < 4.78 is 20.9. The summed E-state index contributed by atoms with van der Waals surface area (Å²) >= 11 is 0. The number of hydrogen-bond acceptors (Lipinski definition) is 6. The molecule has 2 amide bonds. The van der Waals surface area contributed by atoms with Gasteiger partial charge in [-0.15, -0.1) is 0 Å². The number of carbonyl (C=O) groups excluding carboxylic acids is 2. The fourth-order valence-electron chi connectivity index (χ4n) is 6.57. The van der Waals surface area contributed by atoms with Gasteiger partial charge in [0.15, 0.2) is 0 Å². The number of likely N-dealkylation sites (tertiary alicyclic amines) is 1. The van der Waals surface area contributed by atoms with Crippen LogP contribution in [0.3, 0.4) is 0 Å². The number of aromatic nitrogens is 2. The first-order valence-corrected chi connectivity index (χ1v) is 13.0. The Labute approximate surface area is 213 Å². The van der Waals surface area contributed by atoms with E-state index in [1.54, 1.807) is 12.3 Å². The van der Waals surface area contributed by atoms with Gasteiger partial charge in [-0.1, -0.05) is 19.4 Å². The van der Waals surface area contributed by atoms with Crippen LogP contribution in [0.5, 0.6) is 0 Å². The quantitative estimate of drug-likeness (QED) is 0.540. The van der Waals surface area contributed by atoms with E-state index in [9.17, 15) is 9.59 Å². The van der Waals surface area contributed by atoms with Crippen LogP contribution >= 0.6 is 0 Å². The largest absolute Gasteiger partial charge is 0.383 e. The van der Waals surface area contributed by atoms with Crippen molar-refractivity contribution < 1.29 is 18.7 Å². The third kappa shape index (κ3) is 3.22. The number of nitrogen functional groups attached to an aromatic ring is 1. The lowest BCUT2D eigenvalue weighted by Crippen LogP contribution is -2.42. The van der Waals surface area contributed by atoms with Crippen molar-refractivity contribution in [3.63, 3.8) is 0 Å². The molecule has 0 bridgehead atoms. The van der Waals surface area contributed by atoms with E-state index in [4.69, 9.17) is 10.5 Å². The topological polar surface area (TPSA) is 110 Å². The van der Waals surface area contributed by atoms with Crippen LogP contribution in [0.4, 0.5) is 15.9 Å². The highest BCUT2D eigenvalue weighted by atomic mass is 19.1. The second-order valence-corrected chi connectivity index (χ2v) is 11.0. The van der Waals surface area contributed by atoms with Crippen molar-refractivity contribution in [2.75, 3.05) is 17.6 Å². The Bertz CT molecular complexity index is 1500. The van der Waals surface area contributed by atoms with Gasteiger partial charge in [0, 0.05) is 17.5 Å². The van der Waals surface area contributed by atoms with Crippen molar-refractivity contribution in [1.29, 1.82) is 0 Å². The lowest BCUT2D eigenvalue weighted by atomic mass is 9.65. The molecule has 3 N–H and O–H groups in total. The van der Waals surface area contributed by atoms with E-state index in [-0.39, 0.29) is 17.9 Å². The minimum Gasteiger partial charge on any atom is -0.383 e. The Morgan fingerprint density at radius 2 is 2.03 bits per heavy atom. The molecule has 1 saturated heterocycles. The first-order valence-electron chi connectivity index (χ1n) is 13.0. The number of pyridine rings is 2. The van der Waals surface area contributed by atoms with Crippen LogP contribution in [0.25, 0.3) is 10.9 Å². The van der Waals surface area contributed by atoms with Crippen molar-refractivity contribution in [3.05, 3.63) is 58.2 Å². The highest BCUT2D eigenvalue weighted by Crippen LogP contribution is 2.53. The summed E-state index contributed by atoms with van der Waals surface area (Å²) in [6.45, 7) is 3.49. The Morgan fingerprint density at radius 1 is 1.22 bits per heavy atom. The monoisotopic (exact) mass is 501 g/mol. The van der Waals surface area contributed by atoms with E-state index in [0.717, 1.165) is 53.3 Å². The van der Waals surface area contributed by atoms with E-state index >= 15 is 4.39 Å². The molecule has 3 aromatic rings. The first kappa shape index (κ1) is 22.6. The molecule has 1 aliphatic carbocycles. The van der Waals surface area contributed by atoms with Gasteiger partial charge in [-0.2, -0.15) is 0 Å². The second-order valence-electron chi connectivity index (χ2n) is 11.0. The summed E-state index contributed by atoms with van der Waals surface area (Å²) in [6, 6.07) is 4.93. The number of nitrogens with two attached hydrogens (primary N) is 1. The van der Waals surface area contributed by atoms with Gasteiger partial charge >= 0.3 is 0 Å². The van der Waals surface area contributed by atoms with Gasteiger partial charge in [0.2, 0.25) is 5.91 Å². The number of halogens is 1. The molecule has 1 spiro atoms. The molecular weight excluding hydrogens is 473 g/mol. The molecule has 2 fully saturated rings. The van der Waals surface area contributed by atoms with Crippen LogP contribution in [0, 0.1) is 11.7 Å². The molecule has 2 aromatic heterocycles.